The minimum absolute atomic E-state index is 0.00548. The number of esters is 1. The van der Waals surface area contributed by atoms with Gasteiger partial charge in [0.05, 0.1) is 37.1 Å². The molecule has 1 amide bonds. The smallest absolute Gasteiger partial charge is 0.350 e. The van der Waals surface area contributed by atoms with E-state index in [1.54, 1.807) is 49.4 Å². The van der Waals surface area contributed by atoms with Gasteiger partial charge in [0.25, 0.3) is 5.78 Å². The van der Waals surface area contributed by atoms with Gasteiger partial charge >= 0.3 is 11.9 Å². The minimum Gasteiger partial charge on any atom is -0.507 e. The van der Waals surface area contributed by atoms with Gasteiger partial charge in [-0.1, -0.05) is 63.2 Å². The summed E-state index contributed by atoms with van der Waals surface area (Å²) in [6.07, 6.45) is 6.31. The third-order valence-corrected chi connectivity index (χ3v) is 8.57. The zero-order chi connectivity index (χ0) is 33.9. The number of unbranched alkanes of at least 4 members (excludes halogenated alkanes) is 3. The average molecular weight is 663 g/mol. The van der Waals surface area contributed by atoms with Gasteiger partial charge in [0.1, 0.15) is 23.0 Å². The molecular formula is C36H42N2O8S. The maximum absolute atomic E-state index is 13.8. The molecule has 1 saturated heterocycles. The Labute approximate surface area is 279 Å². The lowest BCUT2D eigenvalue weighted by molar-refractivity contribution is -0.132. The quantitative estimate of drug-likeness (QED) is 0.0389. The molecule has 0 bridgehead atoms. The molecule has 250 valence electrons. The van der Waals surface area contributed by atoms with Crippen molar-refractivity contribution in [2.75, 3.05) is 31.3 Å². The number of nitrogens with zero attached hydrogens (tertiary/aromatic N) is 2. The molecule has 10 nitrogen and oxygen atoms in total. The van der Waals surface area contributed by atoms with Crippen LogP contribution in [-0.4, -0.2) is 54.2 Å². The fourth-order valence-corrected chi connectivity index (χ4v) is 6.02. The molecule has 0 radical (unpaired) electrons. The van der Waals surface area contributed by atoms with E-state index in [1.165, 1.54) is 11.0 Å². The summed E-state index contributed by atoms with van der Waals surface area (Å²) in [7, 11) is 0. The summed E-state index contributed by atoms with van der Waals surface area (Å²) in [5.41, 5.74) is 1.03. The largest absolute Gasteiger partial charge is 0.507 e. The first-order valence-electron chi connectivity index (χ1n) is 15.9. The Morgan fingerprint density at radius 3 is 2.38 bits per heavy atom. The summed E-state index contributed by atoms with van der Waals surface area (Å²) < 4.78 is 22.9. The molecule has 0 unspecified atom stereocenters. The number of rotatable bonds is 17. The topological polar surface area (TPSA) is 124 Å². The van der Waals surface area contributed by atoms with Gasteiger partial charge in [-0.2, -0.15) is 0 Å². The predicted molar refractivity (Wildman–Crippen MR) is 182 cm³/mol. The van der Waals surface area contributed by atoms with Gasteiger partial charge < -0.3 is 24.1 Å². The van der Waals surface area contributed by atoms with Crippen molar-refractivity contribution in [1.82, 2.24) is 4.98 Å². The van der Waals surface area contributed by atoms with Gasteiger partial charge in [0, 0.05) is 5.56 Å². The van der Waals surface area contributed by atoms with Crippen LogP contribution in [0.3, 0.4) is 0 Å². The predicted octanol–water partition coefficient (Wildman–Crippen LogP) is 7.57. The highest BCUT2D eigenvalue weighted by Gasteiger charge is 2.48. The van der Waals surface area contributed by atoms with Crippen LogP contribution in [0.4, 0.5) is 5.13 Å². The number of anilines is 1. The standard InChI is InChI=1S/C36H42N2O8S/c1-6-10-12-21-45-27-18-15-25(22-28(27)43-9-4)30-29(31(39)24-13-16-26(17-14-24)44-20-11-7-2)32(40)34(41)38(30)36-37-23(5)33(47-36)35(42)46-19-8-3/h8,13-18,22,30,39H,3,6-7,9-12,19-21H2,1-2,4-5H3/t30-/m0/s1. The highest BCUT2D eigenvalue weighted by molar-refractivity contribution is 7.17. The van der Waals surface area contributed by atoms with Crippen molar-refractivity contribution in [3.8, 4) is 17.2 Å². The van der Waals surface area contributed by atoms with Gasteiger partial charge in [0.2, 0.25) is 0 Å². The van der Waals surface area contributed by atoms with Crippen LogP contribution >= 0.6 is 11.3 Å². The summed E-state index contributed by atoms with van der Waals surface area (Å²) in [4.78, 5) is 46.2. The maximum Gasteiger partial charge on any atom is 0.350 e. The number of hydrogen-bond donors (Lipinski definition) is 1. The van der Waals surface area contributed by atoms with Crippen molar-refractivity contribution < 1.29 is 38.4 Å². The molecule has 4 rings (SSSR count). The molecule has 1 N–H and O–H groups in total. The third-order valence-electron chi connectivity index (χ3n) is 7.44. The second-order valence-corrected chi connectivity index (χ2v) is 11.9. The first kappa shape index (κ1) is 35.2. The summed E-state index contributed by atoms with van der Waals surface area (Å²) in [6, 6.07) is 10.8. The van der Waals surface area contributed by atoms with E-state index in [9.17, 15) is 19.5 Å². The molecule has 1 fully saturated rings. The van der Waals surface area contributed by atoms with Crippen molar-refractivity contribution in [2.45, 2.75) is 65.8 Å². The van der Waals surface area contributed by atoms with Crippen LogP contribution < -0.4 is 19.1 Å². The Kier molecular flexibility index (Phi) is 12.6. The molecule has 1 atom stereocenters. The fourth-order valence-electron chi connectivity index (χ4n) is 5.04. The van der Waals surface area contributed by atoms with Gasteiger partial charge in [-0.25, -0.2) is 9.78 Å². The number of amides is 1. The van der Waals surface area contributed by atoms with E-state index in [-0.39, 0.29) is 27.9 Å². The molecule has 1 aliphatic rings. The summed E-state index contributed by atoms with van der Waals surface area (Å²) in [5.74, 6) is -1.18. The number of ketones is 1. The van der Waals surface area contributed by atoms with Crippen LogP contribution in [0.2, 0.25) is 0 Å². The third kappa shape index (κ3) is 8.21. The Balaban J connectivity index is 1.83. The number of carbonyl (C=O) groups excluding carboxylic acids is 3. The second kappa shape index (κ2) is 16.8. The lowest BCUT2D eigenvalue weighted by Crippen LogP contribution is -2.29. The van der Waals surface area contributed by atoms with Gasteiger partial charge in [-0.15, -0.1) is 0 Å². The summed E-state index contributed by atoms with van der Waals surface area (Å²) in [6.45, 7) is 12.6. The fraction of sp³-hybridized carbons (Fsp3) is 0.389. The zero-order valence-corrected chi connectivity index (χ0v) is 28.2. The van der Waals surface area contributed by atoms with Crippen LogP contribution in [0.1, 0.15) is 85.4 Å². The second-order valence-electron chi connectivity index (χ2n) is 10.9. The van der Waals surface area contributed by atoms with Gasteiger partial charge in [-0.05, 0) is 68.7 Å². The number of carbonyl (C=O) groups is 3. The number of ether oxygens (including phenoxy) is 4. The highest BCUT2D eigenvalue weighted by atomic mass is 32.1. The maximum atomic E-state index is 13.8. The summed E-state index contributed by atoms with van der Waals surface area (Å²) >= 11 is 0.930. The number of benzene rings is 2. The van der Waals surface area contributed by atoms with Crippen molar-refractivity contribution in [1.29, 1.82) is 0 Å². The molecule has 2 heterocycles. The number of aliphatic hydroxyl groups excluding tert-OH is 1. The SMILES string of the molecule is C=CCOC(=O)c1sc(N2C(=O)C(=O)C(=C(O)c3ccc(OCCCC)cc3)[C@@H]2c2ccc(OCCCCC)c(OCC)c2)nc1C. The molecule has 0 saturated carbocycles. The number of aliphatic hydroxyl groups is 1. The molecule has 47 heavy (non-hydrogen) atoms. The normalized spacial score (nSPS) is 15.5. The number of Topliss-reactive ketones (excluding diaryl/α,β-unsaturated/α-hetero) is 1. The number of aryl methyl sites for hydroxylation is 1. The van der Waals surface area contributed by atoms with Gasteiger partial charge in [0.15, 0.2) is 16.6 Å². The van der Waals surface area contributed by atoms with E-state index in [2.05, 4.69) is 25.4 Å². The molecule has 1 aromatic heterocycles. The van der Waals surface area contributed by atoms with Gasteiger partial charge in [-0.3, -0.25) is 14.5 Å². The Bertz CT molecular complexity index is 1610. The lowest BCUT2D eigenvalue weighted by atomic mass is 9.95. The van der Waals surface area contributed by atoms with Crippen molar-refractivity contribution in [3.63, 3.8) is 0 Å². The van der Waals surface area contributed by atoms with E-state index in [0.717, 1.165) is 43.4 Å². The van der Waals surface area contributed by atoms with E-state index < -0.39 is 23.7 Å². The molecule has 2 aromatic carbocycles. The average Bonchev–Trinajstić information content (AvgIpc) is 3.58. The number of thiazole rings is 1. The Morgan fingerprint density at radius 2 is 1.70 bits per heavy atom. The minimum atomic E-state index is -1.09. The van der Waals surface area contributed by atoms with Crippen molar-refractivity contribution in [3.05, 3.63) is 82.4 Å². The Hall–Kier alpha value is -4.64. The number of hydrogen-bond acceptors (Lipinski definition) is 10. The highest BCUT2D eigenvalue weighted by Crippen LogP contribution is 2.45. The van der Waals surface area contributed by atoms with Crippen LogP contribution in [0.15, 0.2) is 60.7 Å². The number of aromatic nitrogens is 1. The van der Waals surface area contributed by atoms with E-state index in [4.69, 9.17) is 18.9 Å². The first-order chi connectivity index (χ1) is 22.7. The van der Waals surface area contributed by atoms with Crippen LogP contribution in [-0.2, 0) is 14.3 Å². The molecular weight excluding hydrogens is 620 g/mol. The molecule has 3 aromatic rings. The molecule has 11 heteroatoms. The monoisotopic (exact) mass is 662 g/mol. The van der Waals surface area contributed by atoms with Crippen LogP contribution in [0.5, 0.6) is 17.2 Å². The first-order valence-corrected chi connectivity index (χ1v) is 16.8. The van der Waals surface area contributed by atoms with E-state index in [0.29, 0.717) is 53.9 Å². The molecule has 0 spiro atoms. The molecule has 1 aliphatic heterocycles. The van der Waals surface area contributed by atoms with Crippen LogP contribution in [0.25, 0.3) is 5.76 Å². The Morgan fingerprint density at radius 1 is 0.979 bits per heavy atom. The van der Waals surface area contributed by atoms with Crippen molar-refractivity contribution in [2.24, 2.45) is 0 Å². The summed E-state index contributed by atoms with van der Waals surface area (Å²) in [5, 5.41) is 11.7. The van der Waals surface area contributed by atoms with E-state index >= 15 is 0 Å². The van der Waals surface area contributed by atoms with Crippen LogP contribution in [0, 0.1) is 6.92 Å². The van der Waals surface area contributed by atoms with Crippen molar-refractivity contribution >= 4 is 39.9 Å². The molecule has 0 aliphatic carbocycles. The van der Waals surface area contributed by atoms with E-state index in [1.807, 2.05) is 6.92 Å². The zero-order valence-electron chi connectivity index (χ0n) is 27.4. The lowest BCUT2D eigenvalue weighted by Gasteiger charge is -2.24.